The fourth-order valence-corrected chi connectivity index (χ4v) is 3.92. The van der Waals surface area contributed by atoms with Crippen LogP contribution in [-0.4, -0.2) is 37.1 Å². The maximum absolute atomic E-state index is 10.8. The molecule has 0 amide bonds. The third-order valence-corrected chi connectivity index (χ3v) is 4.97. The van der Waals surface area contributed by atoms with Crippen LogP contribution in [0.5, 0.6) is 0 Å². The molecule has 0 aromatic carbocycles. The predicted octanol–water partition coefficient (Wildman–Crippen LogP) is 2.39. The summed E-state index contributed by atoms with van der Waals surface area (Å²) in [6.45, 7) is 2.08. The van der Waals surface area contributed by atoms with Crippen molar-refractivity contribution in [2.75, 3.05) is 5.75 Å². The first-order chi connectivity index (χ1) is 7.47. The summed E-state index contributed by atoms with van der Waals surface area (Å²) in [6.07, 6.45) is 1.76. The summed E-state index contributed by atoms with van der Waals surface area (Å²) >= 11 is 6.85. The molecule has 4 nitrogen and oxygen atoms in total. The molecule has 0 saturated heterocycles. The van der Waals surface area contributed by atoms with E-state index in [1.165, 1.54) is 0 Å². The molecule has 0 aromatic heterocycles. The van der Waals surface area contributed by atoms with Crippen LogP contribution in [0.4, 0.5) is 0 Å². The zero-order chi connectivity index (χ0) is 12.6. The summed E-state index contributed by atoms with van der Waals surface area (Å²) in [5.74, 6) is -1.28. The van der Waals surface area contributed by atoms with Gasteiger partial charge in [-0.2, -0.15) is 12.6 Å². The molecule has 0 aliphatic rings. The molecular weight excluding hydrogens is 268 g/mol. The number of rotatable bonds is 9. The van der Waals surface area contributed by atoms with Crippen LogP contribution in [0.2, 0.25) is 0 Å². The Kier molecular flexibility index (Phi) is 9.06. The van der Waals surface area contributed by atoms with Gasteiger partial charge < -0.3 is 10.2 Å². The standard InChI is InChI=1S/C9H16O4S3/c1-2-3-4-15-9(14)16-6(8(12)13)5-7(10)11/h6,9,14H,2-5H2,1H3,(H,10,11)(H,12,13). The predicted molar refractivity (Wildman–Crippen MR) is 71.4 cm³/mol. The first-order valence-electron chi connectivity index (χ1n) is 4.87. The van der Waals surface area contributed by atoms with Crippen molar-refractivity contribution in [2.24, 2.45) is 0 Å². The van der Waals surface area contributed by atoms with Crippen molar-refractivity contribution in [3.63, 3.8) is 0 Å². The minimum Gasteiger partial charge on any atom is -0.481 e. The van der Waals surface area contributed by atoms with Crippen molar-refractivity contribution >= 4 is 48.1 Å². The molecule has 0 spiro atoms. The van der Waals surface area contributed by atoms with Gasteiger partial charge in [0.15, 0.2) is 0 Å². The van der Waals surface area contributed by atoms with E-state index < -0.39 is 17.2 Å². The molecule has 0 rings (SSSR count). The number of carboxylic acids is 2. The Bertz CT molecular complexity index is 235. The number of carboxylic acid groups (broad SMARTS) is 2. The molecule has 0 radical (unpaired) electrons. The van der Waals surface area contributed by atoms with E-state index in [-0.39, 0.29) is 10.3 Å². The lowest BCUT2D eigenvalue weighted by atomic mass is 10.3. The van der Waals surface area contributed by atoms with Crippen molar-refractivity contribution < 1.29 is 19.8 Å². The van der Waals surface area contributed by atoms with E-state index >= 15 is 0 Å². The Balaban J connectivity index is 3.98. The number of carbonyl (C=O) groups is 2. The fraction of sp³-hybridized carbons (Fsp3) is 0.778. The highest BCUT2D eigenvalue weighted by atomic mass is 32.3. The van der Waals surface area contributed by atoms with Crippen LogP contribution in [0.1, 0.15) is 26.2 Å². The number of aliphatic carboxylic acids is 2. The largest absolute Gasteiger partial charge is 0.481 e. The Morgan fingerprint density at radius 3 is 2.44 bits per heavy atom. The number of thiol groups is 1. The summed E-state index contributed by atoms with van der Waals surface area (Å²) in [7, 11) is 0. The van der Waals surface area contributed by atoms with Gasteiger partial charge in [-0.1, -0.05) is 13.3 Å². The maximum Gasteiger partial charge on any atom is 0.317 e. The zero-order valence-corrected chi connectivity index (χ0v) is 11.5. The van der Waals surface area contributed by atoms with Crippen LogP contribution in [0.3, 0.4) is 0 Å². The summed E-state index contributed by atoms with van der Waals surface area (Å²) in [6, 6.07) is 0. The summed E-state index contributed by atoms with van der Waals surface area (Å²) < 4.78 is -0.188. The third kappa shape index (κ3) is 8.18. The van der Waals surface area contributed by atoms with Crippen LogP contribution in [0, 0.1) is 0 Å². The summed E-state index contributed by atoms with van der Waals surface area (Å²) in [5, 5.41) is 16.4. The third-order valence-electron chi connectivity index (χ3n) is 1.67. The molecule has 0 fully saturated rings. The first-order valence-corrected chi connectivity index (χ1v) is 7.37. The molecule has 0 aliphatic carbocycles. The topological polar surface area (TPSA) is 74.6 Å². The molecular formula is C9H16O4S3. The Morgan fingerprint density at radius 1 is 1.38 bits per heavy atom. The maximum atomic E-state index is 10.8. The second kappa shape index (κ2) is 9.07. The van der Waals surface area contributed by atoms with Crippen LogP contribution >= 0.6 is 36.2 Å². The van der Waals surface area contributed by atoms with Crippen molar-refractivity contribution in [1.29, 1.82) is 0 Å². The molecule has 0 aromatic rings. The first kappa shape index (κ1) is 16.0. The van der Waals surface area contributed by atoms with Gasteiger partial charge in [-0.05, 0) is 12.2 Å². The number of thioether (sulfide) groups is 2. The second-order valence-electron chi connectivity index (χ2n) is 3.09. The summed E-state index contributed by atoms with van der Waals surface area (Å²) in [4.78, 5) is 21.2. The van der Waals surface area contributed by atoms with Gasteiger partial charge in [-0.25, -0.2) is 0 Å². The van der Waals surface area contributed by atoms with Gasteiger partial charge >= 0.3 is 11.9 Å². The van der Waals surface area contributed by atoms with Gasteiger partial charge in [-0.15, -0.1) is 23.5 Å². The molecule has 94 valence electrons. The lowest BCUT2D eigenvalue weighted by Crippen LogP contribution is -2.21. The van der Waals surface area contributed by atoms with Crippen LogP contribution in [0.25, 0.3) is 0 Å². The Morgan fingerprint density at radius 2 is 2.00 bits per heavy atom. The van der Waals surface area contributed by atoms with Gasteiger partial charge in [0.2, 0.25) is 0 Å². The van der Waals surface area contributed by atoms with Gasteiger partial charge in [0, 0.05) is 0 Å². The van der Waals surface area contributed by atoms with Crippen molar-refractivity contribution in [2.45, 2.75) is 35.4 Å². The van der Waals surface area contributed by atoms with E-state index in [2.05, 4.69) is 19.6 Å². The smallest absolute Gasteiger partial charge is 0.317 e. The molecule has 0 aliphatic heterocycles. The minimum atomic E-state index is -1.10. The average Bonchev–Trinajstić information content (AvgIpc) is 2.16. The molecule has 0 bridgehead atoms. The SMILES string of the molecule is CCCCSC(S)SC(CC(=O)O)C(=O)O. The number of hydrogen-bond acceptors (Lipinski definition) is 5. The highest BCUT2D eigenvalue weighted by molar-refractivity contribution is 8.28. The molecule has 0 saturated carbocycles. The van der Waals surface area contributed by atoms with E-state index in [0.29, 0.717) is 0 Å². The number of unbranched alkanes of at least 4 members (excludes halogenated alkanes) is 1. The highest BCUT2D eigenvalue weighted by Crippen LogP contribution is 2.32. The Hall–Kier alpha value is -0.0100. The average molecular weight is 284 g/mol. The monoisotopic (exact) mass is 284 g/mol. The lowest BCUT2D eigenvalue weighted by molar-refractivity contribution is -0.142. The van der Waals surface area contributed by atoms with Crippen LogP contribution in [0.15, 0.2) is 0 Å². The molecule has 16 heavy (non-hydrogen) atoms. The van der Waals surface area contributed by atoms with E-state index in [4.69, 9.17) is 10.2 Å². The molecule has 2 N–H and O–H groups in total. The van der Waals surface area contributed by atoms with Crippen molar-refractivity contribution in [1.82, 2.24) is 0 Å². The van der Waals surface area contributed by atoms with E-state index in [0.717, 1.165) is 30.4 Å². The zero-order valence-electron chi connectivity index (χ0n) is 8.96. The van der Waals surface area contributed by atoms with Gasteiger partial charge in [0.05, 0.1) is 10.3 Å². The quantitative estimate of drug-likeness (QED) is 0.343. The van der Waals surface area contributed by atoms with Gasteiger partial charge in [0.25, 0.3) is 0 Å². The lowest BCUT2D eigenvalue weighted by Gasteiger charge is -2.14. The molecule has 2 atom stereocenters. The van der Waals surface area contributed by atoms with Crippen molar-refractivity contribution in [3.8, 4) is 0 Å². The summed E-state index contributed by atoms with van der Waals surface area (Å²) in [5.41, 5.74) is 0. The van der Waals surface area contributed by atoms with E-state index in [9.17, 15) is 9.59 Å². The van der Waals surface area contributed by atoms with Gasteiger partial charge in [-0.3, -0.25) is 9.59 Å². The van der Waals surface area contributed by atoms with E-state index in [1.54, 1.807) is 11.8 Å². The highest BCUT2D eigenvalue weighted by Gasteiger charge is 2.24. The number of hydrogen-bond donors (Lipinski definition) is 3. The molecule has 2 unspecified atom stereocenters. The van der Waals surface area contributed by atoms with Gasteiger partial charge in [0.1, 0.15) is 5.25 Å². The Labute approximate surface area is 109 Å². The normalized spacial score (nSPS) is 14.4. The van der Waals surface area contributed by atoms with Crippen molar-refractivity contribution in [3.05, 3.63) is 0 Å². The fourth-order valence-electron chi connectivity index (χ4n) is 0.861. The second-order valence-corrected chi connectivity index (χ2v) is 7.13. The van der Waals surface area contributed by atoms with Crippen LogP contribution in [-0.2, 0) is 9.59 Å². The molecule has 7 heteroatoms. The van der Waals surface area contributed by atoms with Crippen LogP contribution < -0.4 is 0 Å². The minimum absolute atomic E-state index is 0.188. The van der Waals surface area contributed by atoms with E-state index in [1.807, 2.05) is 0 Å². The molecule has 0 heterocycles.